The van der Waals surface area contributed by atoms with Crippen molar-refractivity contribution in [3.63, 3.8) is 0 Å². The Morgan fingerprint density at radius 3 is 2.73 bits per heavy atom. The van der Waals surface area contributed by atoms with E-state index in [-0.39, 0.29) is 0 Å². The predicted molar refractivity (Wildman–Crippen MR) is 64.8 cm³/mol. The maximum absolute atomic E-state index is 5.65. The first-order chi connectivity index (χ1) is 7.22. The molecule has 0 aromatic carbocycles. The highest BCUT2D eigenvalue weighted by molar-refractivity contribution is 4.87. The van der Waals surface area contributed by atoms with Crippen LogP contribution in [0.15, 0.2) is 0 Å². The molecule has 0 aromatic heterocycles. The first kappa shape index (κ1) is 11.4. The van der Waals surface area contributed by atoms with E-state index in [1.165, 1.54) is 58.2 Å². The maximum atomic E-state index is 5.65. The van der Waals surface area contributed by atoms with Crippen LogP contribution in [0.25, 0.3) is 0 Å². The van der Waals surface area contributed by atoms with Crippen LogP contribution < -0.4 is 5.73 Å². The van der Waals surface area contributed by atoms with Gasteiger partial charge in [-0.2, -0.15) is 0 Å². The highest BCUT2D eigenvalue weighted by atomic mass is 15.1. The lowest BCUT2D eigenvalue weighted by Crippen LogP contribution is -2.44. The van der Waals surface area contributed by atoms with Crippen molar-refractivity contribution in [1.82, 2.24) is 4.90 Å². The molecule has 2 N–H and O–H groups in total. The van der Waals surface area contributed by atoms with Gasteiger partial charge < -0.3 is 10.6 Å². The molecule has 2 aliphatic rings. The lowest BCUT2D eigenvalue weighted by molar-refractivity contribution is 0.0581. The van der Waals surface area contributed by atoms with E-state index in [1.54, 1.807) is 0 Å². The maximum Gasteiger partial charge on any atom is 0.00354 e. The molecular weight excluding hydrogens is 184 g/mol. The van der Waals surface area contributed by atoms with E-state index >= 15 is 0 Å². The van der Waals surface area contributed by atoms with E-state index < -0.39 is 0 Å². The molecule has 2 fully saturated rings. The Balaban J connectivity index is 1.77. The summed E-state index contributed by atoms with van der Waals surface area (Å²) in [5, 5.41) is 0. The molecule has 0 radical (unpaired) electrons. The minimum atomic E-state index is 0.657. The topological polar surface area (TPSA) is 29.3 Å². The van der Waals surface area contributed by atoms with Crippen molar-refractivity contribution in [2.75, 3.05) is 26.2 Å². The van der Waals surface area contributed by atoms with Crippen LogP contribution >= 0.6 is 0 Å². The Hall–Kier alpha value is -0.0800. The molecule has 88 valence electrons. The summed E-state index contributed by atoms with van der Waals surface area (Å²) in [7, 11) is 0. The molecule has 2 rings (SSSR count). The zero-order valence-corrected chi connectivity index (χ0v) is 10.2. The third-order valence-corrected chi connectivity index (χ3v) is 4.34. The summed E-state index contributed by atoms with van der Waals surface area (Å²) in [6, 6.07) is 0. The van der Waals surface area contributed by atoms with Gasteiger partial charge in [-0.25, -0.2) is 0 Å². The summed E-state index contributed by atoms with van der Waals surface area (Å²) in [5.74, 6) is 0.882. The van der Waals surface area contributed by atoms with Crippen molar-refractivity contribution >= 4 is 0 Å². The number of nitrogens with two attached hydrogens (primary N) is 1. The fraction of sp³-hybridized carbons (Fsp3) is 1.00. The van der Waals surface area contributed by atoms with Crippen molar-refractivity contribution in [2.45, 2.75) is 45.4 Å². The van der Waals surface area contributed by atoms with Gasteiger partial charge in [0.25, 0.3) is 0 Å². The second-order valence-electron chi connectivity index (χ2n) is 5.98. The molecule has 0 aromatic rings. The van der Waals surface area contributed by atoms with Crippen LogP contribution in [0, 0.1) is 11.3 Å². The normalized spacial score (nSPS) is 31.2. The second-order valence-corrected chi connectivity index (χ2v) is 5.98. The molecule has 1 saturated carbocycles. The number of hydrogen-bond acceptors (Lipinski definition) is 2. The average Bonchev–Trinajstić information content (AvgIpc) is 2.16. The summed E-state index contributed by atoms with van der Waals surface area (Å²) in [6.45, 7) is 7.32. The van der Waals surface area contributed by atoms with Crippen LogP contribution in [0.1, 0.15) is 45.4 Å². The Labute approximate surface area is 94.2 Å². The molecule has 1 heterocycles. The zero-order valence-electron chi connectivity index (χ0n) is 10.2. The highest BCUT2D eigenvalue weighted by Crippen LogP contribution is 2.41. The van der Waals surface area contributed by atoms with E-state index in [0.717, 1.165) is 12.5 Å². The first-order valence-electron chi connectivity index (χ1n) is 6.64. The molecule has 1 aliphatic heterocycles. The number of hydrogen-bond donors (Lipinski definition) is 1. The molecule has 2 heteroatoms. The highest BCUT2D eigenvalue weighted by Gasteiger charge is 2.34. The fourth-order valence-corrected chi connectivity index (χ4v) is 3.24. The van der Waals surface area contributed by atoms with Crippen molar-refractivity contribution in [3.05, 3.63) is 0 Å². The third kappa shape index (κ3) is 2.94. The average molecular weight is 210 g/mol. The van der Waals surface area contributed by atoms with E-state index in [0.29, 0.717) is 5.41 Å². The lowest BCUT2D eigenvalue weighted by Gasteiger charge is -2.44. The minimum Gasteiger partial charge on any atom is -0.330 e. The Morgan fingerprint density at radius 1 is 1.33 bits per heavy atom. The fourth-order valence-electron chi connectivity index (χ4n) is 3.24. The Bertz CT molecular complexity index is 197. The second kappa shape index (κ2) is 4.84. The summed E-state index contributed by atoms with van der Waals surface area (Å²) in [6.07, 6.45) is 8.38. The summed E-state index contributed by atoms with van der Waals surface area (Å²) in [4.78, 5) is 2.70. The van der Waals surface area contributed by atoms with Crippen molar-refractivity contribution in [3.8, 4) is 0 Å². The van der Waals surface area contributed by atoms with E-state index in [4.69, 9.17) is 5.73 Å². The largest absolute Gasteiger partial charge is 0.330 e. The van der Waals surface area contributed by atoms with Gasteiger partial charge in [0.1, 0.15) is 0 Å². The van der Waals surface area contributed by atoms with Gasteiger partial charge in [-0.15, -0.1) is 0 Å². The van der Waals surface area contributed by atoms with Gasteiger partial charge in [0.2, 0.25) is 0 Å². The summed E-state index contributed by atoms with van der Waals surface area (Å²) < 4.78 is 0. The van der Waals surface area contributed by atoms with Gasteiger partial charge in [-0.1, -0.05) is 13.3 Å². The van der Waals surface area contributed by atoms with E-state index in [1.807, 2.05) is 0 Å². The predicted octanol–water partition coefficient (Wildman–Crippen LogP) is 2.24. The molecule has 0 spiro atoms. The molecule has 1 atom stereocenters. The van der Waals surface area contributed by atoms with Crippen LogP contribution in [-0.2, 0) is 0 Å². The number of nitrogens with zero attached hydrogens (tertiary/aromatic N) is 1. The van der Waals surface area contributed by atoms with Crippen LogP contribution in [0.3, 0.4) is 0 Å². The molecular formula is C13H26N2. The van der Waals surface area contributed by atoms with Crippen LogP contribution in [0.4, 0.5) is 0 Å². The monoisotopic (exact) mass is 210 g/mol. The number of likely N-dealkylation sites (tertiary alicyclic amines) is 1. The lowest BCUT2D eigenvalue weighted by atomic mass is 9.70. The first-order valence-corrected chi connectivity index (χ1v) is 6.64. The molecule has 1 saturated heterocycles. The van der Waals surface area contributed by atoms with Gasteiger partial charge in [-0.05, 0) is 56.5 Å². The Kier molecular flexibility index (Phi) is 3.68. The van der Waals surface area contributed by atoms with Crippen molar-refractivity contribution in [2.24, 2.45) is 17.1 Å². The van der Waals surface area contributed by atoms with Gasteiger partial charge in [0.05, 0.1) is 0 Å². The minimum absolute atomic E-state index is 0.657. The molecule has 2 nitrogen and oxygen atoms in total. The van der Waals surface area contributed by atoms with Gasteiger partial charge in [0.15, 0.2) is 0 Å². The van der Waals surface area contributed by atoms with Gasteiger partial charge in [0, 0.05) is 13.1 Å². The summed E-state index contributed by atoms with van der Waals surface area (Å²) >= 11 is 0. The molecule has 0 amide bonds. The SMILES string of the molecule is CC1(CN2CCCC(CCN)C2)CCC1. The van der Waals surface area contributed by atoms with Crippen LogP contribution in [-0.4, -0.2) is 31.1 Å². The van der Waals surface area contributed by atoms with Crippen LogP contribution in [0.5, 0.6) is 0 Å². The molecule has 0 bridgehead atoms. The van der Waals surface area contributed by atoms with Gasteiger partial charge in [-0.3, -0.25) is 0 Å². The molecule has 1 aliphatic carbocycles. The standard InChI is InChI=1S/C13H26N2/c1-13(6-3-7-13)11-15-9-2-4-12(10-15)5-8-14/h12H,2-11,14H2,1H3. The Morgan fingerprint density at radius 2 is 2.13 bits per heavy atom. The van der Waals surface area contributed by atoms with E-state index in [2.05, 4.69) is 11.8 Å². The molecule has 15 heavy (non-hydrogen) atoms. The smallest absolute Gasteiger partial charge is 0.00354 e. The van der Waals surface area contributed by atoms with E-state index in [9.17, 15) is 0 Å². The third-order valence-electron chi connectivity index (χ3n) is 4.34. The van der Waals surface area contributed by atoms with Crippen LogP contribution in [0.2, 0.25) is 0 Å². The van der Waals surface area contributed by atoms with Gasteiger partial charge >= 0.3 is 0 Å². The summed E-state index contributed by atoms with van der Waals surface area (Å²) in [5.41, 5.74) is 6.31. The molecule has 1 unspecified atom stereocenters. The van der Waals surface area contributed by atoms with Crippen molar-refractivity contribution < 1.29 is 0 Å². The number of rotatable bonds is 4. The zero-order chi connectivity index (χ0) is 10.7. The van der Waals surface area contributed by atoms with Crippen molar-refractivity contribution in [1.29, 1.82) is 0 Å². The quantitative estimate of drug-likeness (QED) is 0.771. The number of piperidine rings is 1.